The fourth-order valence-corrected chi connectivity index (χ4v) is 3.87. The minimum absolute atomic E-state index is 0.701. The molecule has 1 aliphatic rings. The number of imidazole rings is 1. The molecule has 0 aliphatic carbocycles. The smallest absolute Gasteiger partial charge is 0.123 e. The molecule has 5 heteroatoms. The third-order valence-electron chi connectivity index (χ3n) is 5.27. The highest BCUT2D eigenvalue weighted by Gasteiger charge is 2.22. The quantitative estimate of drug-likeness (QED) is 0.803. The monoisotopic (exact) mass is 323 g/mol. The maximum atomic E-state index is 4.83. The third-order valence-corrected chi connectivity index (χ3v) is 5.27. The molecule has 1 unspecified atom stereocenters. The van der Waals surface area contributed by atoms with Crippen LogP contribution in [0.3, 0.4) is 0 Å². The van der Waals surface area contributed by atoms with Crippen LogP contribution in [0.25, 0.3) is 11.0 Å². The minimum atomic E-state index is 0.701. The van der Waals surface area contributed by atoms with Crippen LogP contribution in [0.1, 0.15) is 29.9 Å². The van der Waals surface area contributed by atoms with E-state index in [1.54, 1.807) is 0 Å². The molecule has 2 aromatic heterocycles. The van der Waals surface area contributed by atoms with Crippen molar-refractivity contribution < 1.29 is 0 Å². The highest BCUT2D eigenvalue weighted by molar-refractivity contribution is 5.75. The van der Waals surface area contributed by atoms with Gasteiger partial charge in [-0.05, 0) is 56.3 Å². The molecule has 0 amide bonds. The van der Waals surface area contributed by atoms with Gasteiger partial charge in [0.25, 0.3) is 0 Å². The summed E-state index contributed by atoms with van der Waals surface area (Å²) in [5.41, 5.74) is 4.89. The first-order chi connectivity index (χ1) is 11.7. The number of aromatic amines is 1. The number of likely N-dealkylation sites (tertiary alicyclic amines) is 1. The normalized spacial score (nSPS) is 19.2. The highest BCUT2D eigenvalue weighted by atomic mass is 15.2. The zero-order valence-electron chi connectivity index (χ0n) is 14.5. The van der Waals surface area contributed by atoms with Crippen LogP contribution in [-0.2, 0) is 20.0 Å². The SMILES string of the molecule is Cc1cn[nH]c1CC1CCCN(Cc2nc3ccccc3n2C)C1. The topological polar surface area (TPSA) is 49.7 Å². The van der Waals surface area contributed by atoms with Gasteiger partial charge in [-0.15, -0.1) is 0 Å². The molecule has 0 saturated carbocycles. The number of rotatable bonds is 4. The lowest BCUT2D eigenvalue weighted by Crippen LogP contribution is -2.36. The maximum absolute atomic E-state index is 4.83. The molecule has 1 saturated heterocycles. The molecule has 3 aromatic rings. The van der Waals surface area contributed by atoms with Crippen LogP contribution in [-0.4, -0.2) is 37.7 Å². The van der Waals surface area contributed by atoms with Crippen molar-refractivity contribution in [3.63, 3.8) is 0 Å². The van der Waals surface area contributed by atoms with Crippen LogP contribution >= 0.6 is 0 Å². The average Bonchev–Trinajstić information content (AvgIpc) is 3.13. The second kappa shape index (κ2) is 6.40. The Kier molecular flexibility index (Phi) is 4.10. The van der Waals surface area contributed by atoms with E-state index in [4.69, 9.17) is 4.98 Å². The molecule has 1 aliphatic heterocycles. The van der Waals surface area contributed by atoms with Gasteiger partial charge in [0.1, 0.15) is 5.82 Å². The van der Waals surface area contributed by atoms with Crippen molar-refractivity contribution in [2.75, 3.05) is 13.1 Å². The van der Waals surface area contributed by atoms with E-state index < -0.39 is 0 Å². The Labute approximate surface area is 142 Å². The van der Waals surface area contributed by atoms with Crippen molar-refractivity contribution in [1.29, 1.82) is 0 Å². The number of hydrogen-bond acceptors (Lipinski definition) is 3. The first-order valence-electron chi connectivity index (χ1n) is 8.82. The molecule has 5 nitrogen and oxygen atoms in total. The molecule has 4 rings (SSSR count). The van der Waals surface area contributed by atoms with E-state index in [-0.39, 0.29) is 0 Å². The number of fused-ring (bicyclic) bond motifs is 1. The molecule has 1 fully saturated rings. The number of piperidine rings is 1. The molecule has 0 spiro atoms. The van der Waals surface area contributed by atoms with Crippen molar-refractivity contribution in [3.05, 3.63) is 47.5 Å². The molecule has 0 radical (unpaired) electrons. The lowest BCUT2D eigenvalue weighted by Gasteiger charge is -2.32. The lowest BCUT2D eigenvalue weighted by molar-refractivity contribution is 0.162. The van der Waals surface area contributed by atoms with E-state index in [2.05, 4.69) is 57.9 Å². The summed E-state index contributed by atoms with van der Waals surface area (Å²) in [6.07, 6.45) is 5.60. The standard InChI is InChI=1S/C19H25N5/c1-14-11-20-22-17(14)10-15-6-5-9-24(12-15)13-19-21-16-7-3-4-8-18(16)23(19)2/h3-4,7-8,11,15H,5-6,9-10,12-13H2,1-2H3,(H,20,22). The summed E-state index contributed by atoms with van der Waals surface area (Å²) in [7, 11) is 2.13. The molecule has 24 heavy (non-hydrogen) atoms. The van der Waals surface area contributed by atoms with Crippen LogP contribution in [0, 0.1) is 12.8 Å². The molecule has 0 bridgehead atoms. The van der Waals surface area contributed by atoms with Crippen LogP contribution in [0.2, 0.25) is 0 Å². The van der Waals surface area contributed by atoms with Crippen molar-refractivity contribution in [1.82, 2.24) is 24.6 Å². The van der Waals surface area contributed by atoms with Crippen LogP contribution in [0.5, 0.6) is 0 Å². The van der Waals surface area contributed by atoms with Gasteiger partial charge in [-0.25, -0.2) is 4.98 Å². The zero-order chi connectivity index (χ0) is 16.5. The zero-order valence-corrected chi connectivity index (χ0v) is 14.5. The number of hydrogen-bond donors (Lipinski definition) is 1. The Morgan fingerprint density at radius 3 is 2.96 bits per heavy atom. The van der Waals surface area contributed by atoms with Gasteiger partial charge in [-0.2, -0.15) is 5.10 Å². The van der Waals surface area contributed by atoms with Crippen LogP contribution in [0.4, 0.5) is 0 Å². The number of benzene rings is 1. The van der Waals surface area contributed by atoms with Gasteiger partial charge in [0, 0.05) is 19.3 Å². The van der Waals surface area contributed by atoms with Crippen LogP contribution < -0.4 is 0 Å². The van der Waals surface area contributed by atoms with E-state index in [1.165, 1.54) is 36.2 Å². The summed E-state index contributed by atoms with van der Waals surface area (Å²) in [6, 6.07) is 8.38. The molecule has 3 heterocycles. The Bertz CT molecular complexity index is 831. The first-order valence-corrected chi connectivity index (χ1v) is 8.82. The number of H-pyrrole nitrogens is 1. The van der Waals surface area contributed by atoms with Gasteiger partial charge in [0.15, 0.2) is 0 Å². The van der Waals surface area contributed by atoms with Crippen molar-refractivity contribution in [2.24, 2.45) is 13.0 Å². The number of aromatic nitrogens is 4. The lowest BCUT2D eigenvalue weighted by atomic mass is 9.92. The first kappa shape index (κ1) is 15.4. The third kappa shape index (κ3) is 2.96. The van der Waals surface area contributed by atoms with E-state index in [0.29, 0.717) is 5.92 Å². The van der Waals surface area contributed by atoms with Gasteiger partial charge in [-0.3, -0.25) is 10.00 Å². The van der Waals surface area contributed by atoms with Crippen molar-refractivity contribution in [3.8, 4) is 0 Å². The molecule has 1 aromatic carbocycles. The highest BCUT2D eigenvalue weighted by Crippen LogP contribution is 2.23. The van der Waals surface area contributed by atoms with Crippen LogP contribution in [0.15, 0.2) is 30.5 Å². The molecule has 1 N–H and O–H groups in total. The second-order valence-electron chi connectivity index (χ2n) is 7.05. The van der Waals surface area contributed by atoms with Crippen molar-refractivity contribution in [2.45, 2.75) is 32.7 Å². The van der Waals surface area contributed by atoms with E-state index >= 15 is 0 Å². The summed E-state index contributed by atoms with van der Waals surface area (Å²) >= 11 is 0. The molecular weight excluding hydrogens is 298 g/mol. The second-order valence-corrected chi connectivity index (χ2v) is 7.05. The predicted octanol–water partition coefficient (Wildman–Crippen LogP) is 3.06. The maximum Gasteiger partial charge on any atom is 0.123 e. The molecular formula is C19H25N5. The number of aryl methyl sites for hydroxylation is 2. The fraction of sp³-hybridized carbons (Fsp3) is 0.474. The van der Waals surface area contributed by atoms with E-state index in [0.717, 1.165) is 30.9 Å². The predicted molar refractivity (Wildman–Crippen MR) is 95.7 cm³/mol. The summed E-state index contributed by atoms with van der Waals surface area (Å²) in [4.78, 5) is 7.38. The molecule has 1 atom stereocenters. The molecule has 126 valence electrons. The largest absolute Gasteiger partial charge is 0.330 e. The van der Waals surface area contributed by atoms with Gasteiger partial charge in [0.05, 0.1) is 23.8 Å². The van der Waals surface area contributed by atoms with Gasteiger partial charge in [0.2, 0.25) is 0 Å². The Hall–Kier alpha value is -2.14. The van der Waals surface area contributed by atoms with Gasteiger partial charge >= 0.3 is 0 Å². The van der Waals surface area contributed by atoms with E-state index in [1.807, 2.05) is 6.20 Å². The number of nitrogens with one attached hydrogen (secondary N) is 1. The number of para-hydroxylation sites is 2. The fourth-order valence-electron chi connectivity index (χ4n) is 3.87. The summed E-state index contributed by atoms with van der Waals surface area (Å²) < 4.78 is 2.23. The Morgan fingerprint density at radius 1 is 1.29 bits per heavy atom. The van der Waals surface area contributed by atoms with E-state index in [9.17, 15) is 0 Å². The minimum Gasteiger partial charge on any atom is -0.330 e. The summed E-state index contributed by atoms with van der Waals surface area (Å²) in [5, 5.41) is 7.32. The number of nitrogens with zero attached hydrogens (tertiary/aromatic N) is 4. The summed E-state index contributed by atoms with van der Waals surface area (Å²) in [6.45, 7) is 5.38. The average molecular weight is 323 g/mol. The Balaban J connectivity index is 1.46. The van der Waals surface area contributed by atoms with Crippen molar-refractivity contribution >= 4 is 11.0 Å². The summed E-state index contributed by atoms with van der Waals surface area (Å²) in [5.74, 6) is 1.86. The Morgan fingerprint density at radius 2 is 2.17 bits per heavy atom. The van der Waals surface area contributed by atoms with Gasteiger partial charge < -0.3 is 4.57 Å². The van der Waals surface area contributed by atoms with Gasteiger partial charge in [-0.1, -0.05) is 12.1 Å².